The van der Waals surface area contributed by atoms with Crippen molar-refractivity contribution < 1.29 is 0 Å². The average molecular weight is 746 g/mol. The Balaban J connectivity index is 0.996. The van der Waals surface area contributed by atoms with E-state index in [2.05, 4.69) is 137 Å². The topological polar surface area (TPSA) is 48.5 Å². The molecule has 4 heterocycles. The molecule has 4 aromatic heterocycles. The summed E-state index contributed by atoms with van der Waals surface area (Å²) in [5.41, 5.74) is 9.90. The lowest BCUT2D eigenvalue weighted by Gasteiger charge is -2.11. The van der Waals surface area contributed by atoms with Gasteiger partial charge in [-0.2, -0.15) is 0 Å². The van der Waals surface area contributed by atoms with Crippen LogP contribution in [0.4, 0.5) is 0 Å². The van der Waals surface area contributed by atoms with Gasteiger partial charge >= 0.3 is 0 Å². The van der Waals surface area contributed by atoms with Crippen LogP contribution in [-0.4, -0.2) is 24.1 Å². The zero-order valence-electron chi connectivity index (χ0n) is 30.5. The quantitative estimate of drug-likeness (QED) is 0.176. The molecule has 0 bridgehead atoms. The number of para-hydroxylation sites is 3. The van der Waals surface area contributed by atoms with Crippen LogP contribution in [0, 0.1) is 0 Å². The van der Waals surface area contributed by atoms with Gasteiger partial charge in [-0.05, 0) is 66.7 Å². The van der Waals surface area contributed by atoms with Crippen LogP contribution in [0.15, 0.2) is 188 Å². The van der Waals surface area contributed by atoms with E-state index in [-0.39, 0.29) is 0 Å². The van der Waals surface area contributed by atoms with Crippen LogP contribution in [0.2, 0.25) is 0 Å². The van der Waals surface area contributed by atoms with Crippen LogP contribution >= 0.6 is 11.3 Å². The number of hydrogen-bond donors (Lipinski definition) is 0. The fraction of sp³-hybridized carbons (Fsp3) is 0. The summed E-state index contributed by atoms with van der Waals surface area (Å²) in [5, 5.41) is 7.56. The smallest absolute Gasteiger partial charge is 0.164 e. The van der Waals surface area contributed by atoms with Gasteiger partial charge in [0.25, 0.3) is 0 Å². The van der Waals surface area contributed by atoms with E-state index in [4.69, 9.17) is 15.0 Å². The molecule has 12 rings (SSSR count). The van der Waals surface area contributed by atoms with E-state index in [1.165, 1.54) is 69.5 Å². The first-order valence-corrected chi connectivity index (χ1v) is 19.9. The van der Waals surface area contributed by atoms with Gasteiger partial charge in [-0.1, -0.05) is 121 Å². The van der Waals surface area contributed by atoms with E-state index in [0.29, 0.717) is 17.5 Å². The van der Waals surface area contributed by atoms with E-state index < -0.39 is 0 Å². The van der Waals surface area contributed by atoms with Crippen LogP contribution in [0.3, 0.4) is 0 Å². The Labute approximate surface area is 331 Å². The van der Waals surface area contributed by atoms with Crippen LogP contribution in [0.25, 0.3) is 109 Å². The zero-order chi connectivity index (χ0) is 37.5. The predicted molar refractivity (Wildman–Crippen MR) is 238 cm³/mol. The standard InChI is InChI=1S/C51H31N5S/c1-3-13-32(14-4-1)49-52-50(33-15-5-2-6-16-33)54-51(53-49)34-23-25-35(26-24-34)55-45-22-12-9-19-39(45)41-31-48-42(30-46(41)55)40-28-27-36(29-47(40)57-48)56-43-20-10-7-17-37(43)38-18-8-11-21-44(38)56/h1-31H. The van der Waals surface area contributed by atoms with E-state index in [9.17, 15) is 0 Å². The summed E-state index contributed by atoms with van der Waals surface area (Å²) >= 11 is 1.87. The molecule has 0 atom stereocenters. The molecule has 0 aliphatic carbocycles. The summed E-state index contributed by atoms with van der Waals surface area (Å²) in [5.74, 6) is 1.95. The molecule has 0 radical (unpaired) electrons. The Morgan fingerprint density at radius 3 is 1.30 bits per heavy atom. The van der Waals surface area contributed by atoms with Gasteiger partial charge < -0.3 is 9.13 Å². The molecule has 0 unspecified atom stereocenters. The molecule has 0 amide bonds. The minimum atomic E-state index is 0.642. The van der Waals surface area contributed by atoms with Crippen LogP contribution in [0.1, 0.15) is 0 Å². The number of benzene rings is 8. The summed E-state index contributed by atoms with van der Waals surface area (Å²) in [6.07, 6.45) is 0. The van der Waals surface area contributed by atoms with E-state index in [1.54, 1.807) is 0 Å². The highest BCUT2D eigenvalue weighted by molar-refractivity contribution is 7.25. The fourth-order valence-electron chi connectivity index (χ4n) is 8.54. The lowest BCUT2D eigenvalue weighted by Crippen LogP contribution is -2.00. The second-order valence-electron chi connectivity index (χ2n) is 14.5. The summed E-state index contributed by atoms with van der Waals surface area (Å²) in [6.45, 7) is 0. The summed E-state index contributed by atoms with van der Waals surface area (Å²) < 4.78 is 7.35. The SMILES string of the molecule is c1ccc(-c2nc(-c3ccccc3)nc(-c3ccc(-n4c5ccccc5c5cc6sc7cc(-n8c9ccccc9c9ccccc98)ccc7c6cc54)cc3)n2)cc1. The number of aromatic nitrogens is 5. The van der Waals surface area contributed by atoms with Crippen LogP contribution in [0.5, 0.6) is 0 Å². The minimum absolute atomic E-state index is 0.642. The number of rotatable bonds is 5. The molecule has 0 aliphatic heterocycles. The Kier molecular flexibility index (Phi) is 7.03. The molecule has 0 saturated heterocycles. The molecule has 266 valence electrons. The molecule has 0 saturated carbocycles. The normalized spacial score (nSPS) is 11.9. The number of thiophene rings is 1. The zero-order valence-corrected chi connectivity index (χ0v) is 31.4. The maximum Gasteiger partial charge on any atom is 0.164 e. The van der Waals surface area contributed by atoms with Gasteiger partial charge in [0.05, 0.1) is 22.1 Å². The van der Waals surface area contributed by atoms with Crippen molar-refractivity contribution >= 4 is 75.1 Å². The van der Waals surface area contributed by atoms with Crippen molar-refractivity contribution in [1.82, 2.24) is 24.1 Å². The summed E-state index contributed by atoms with van der Waals surface area (Å²) in [7, 11) is 0. The van der Waals surface area contributed by atoms with Gasteiger partial charge in [-0.15, -0.1) is 11.3 Å². The highest BCUT2D eigenvalue weighted by atomic mass is 32.1. The maximum absolute atomic E-state index is 4.97. The number of nitrogens with zero attached hydrogens (tertiary/aromatic N) is 5. The van der Waals surface area contributed by atoms with Gasteiger partial charge in [0.1, 0.15) is 0 Å². The van der Waals surface area contributed by atoms with Crippen LogP contribution < -0.4 is 0 Å². The first-order chi connectivity index (χ1) is 28.2. The van der Waals surface area contributed by atoms with Gasteiger partial charge in [0.15, 0.2) is 17.5 Å². The first-order valence-electron chi connectivity index (χ1n) is 19.1. The second-order valence-corrected chi connectivity index (χ2v) is 15.5. The van der Waals surface area contributed by atoms with Crippen molar-refractivity contribution in [2.75, 3.05) is 0 Å². The van der Waals surface area contributed by atoms with Gasteiger partial charge in [-0.3, -0.25) is 0 Å². The largest absolute Gasteiger partial charge is 0.309 e. The molecule has 0 spiro atoms. The second kappa shape index (κ2) is 12.6. The highest BCUT2D eigenvalue weighted by Crippen LogP contribution is 2.42. The number of fused-ring (bicyclic) bond motifs is 9. The van der Waals surface area contributed by atoms with Crippen molar-refractivity contribution in [3.05, 3.63) is 188 Å². The van der Waals surface area contributed by atoms with Crippen LogP contribution in [-0.2, 0) is 0 Å². The molecule has 8 aromatic carbocycles. The van der Waals surface area contributed by atoms with Crippen molar-refractivity contribution in [2.45, 2.75) is 0 Å². The Morgan fingerprint density at radius 2 is 0.737 bits per heavy atom. The summed E-state index contributed by atoms with van der Waals surface area (Å²) in [4.78, 5) is 14.8. The van der Waals surface area contributed by atoms with Crippen molar-refractivity contribution in [2.24, 2.45) is 0 Å². The lowest BCUT2D eigenvalue weighted by molar-refractivity contribution is 1.07. The Bertz CT molecular complexity index is 3400. The third-order valence-corrected chi connectivity index (χ3v) is 12.3. The first kappa shape index (κ1) is 31.9. The minimum Gasteiger partial charge on any atom is -0.309 e. The van der Waals surface area contributed by atoms with Gasteiger partial charge in [0.2, 0.25) is 0 Å². The molecule has 0 N–H and O–H groups in total. The Hall–Kier alpha value is -7.41. The molecule has 0 aliphatic rings. The highest BCUT2D eigenvalue weighted by Gasteiger charge is 2.18. The fourth-order valence-corrected chi connectivity index (χ4v) is 9.70. The van der Waals surface area contributed by atoms with E-state index >= 15 is 0 Å². The lowest BCUT2D eigenvalue weighted by atomic mass is 10.1. The monoisotopic (exact) mass is 745 g/mol. The average Bonchev–Trinajstić information content (AvgIpc) is 3.93. The van der Waals surface area contributed by atoms with Crippen molar-refractivity contribution in [3.63, 3.8) is 0 Å². The van der Waals surface area contributed by atoms with Crippen molar-refractivity contribution in [3.8, 4) is 45.5 Å². The predicted octanol–water partition coefficient (Wildman–Crippen LogP) is 13.4. The maximum atomic E-state index is 4.97. The van der Waals surface area contributed by atoms with E-state index in [0.717, 1.165) is 22.4 Å². The molecular weight excluding hydrogens is 715 g/mol. The van der Waals surface area contributed by atoms with Crippen molar-refractivity contribution in [1.29, 1.82) is 0 Å². The third-order valence-electron chi connectivity index (χ3n) is 11.2. The number of hydrogen-bond acceptors (Lipinski definition) is 4. The van der Waals surface area contributed by atoms with Gasteiger partial charge in [-0.25, -0.2) is 15.0 Å². The molecule has 57 heavy (non-hydrogen) atoms. The summed E-state index contributed by atoms with van der Waals surface area (Å²) in [6, 6.07) is 66.7. The Morgan fingerprint density at radius 1 is 0.298 bits per heavy atom. The molecule has 5 nitrogen and oxygen atoms in total. The third kappa shape index (κ3) is 5.04. The molecule has 12 aromatic rings. The molecular formula is C51H31N5S. The molecule has 6 heteroatoms. The van der Waals surface area contributed by atoms with Gasteiger partial charge in [0, 0.05) is 69.8 Å². The molecule has 0 fully saturated rings. The van der Waals surface area contributed by atoms with E-state index in [1.807, 2.05) is 72.0 Å².